The van der Waals surface area contributed by atoms with Crippen molar-refractivity contribution in [1.29, 1.82) is 0 Å². The molecular formula is C10H15NO3. The lowest BCUT2D eigenvalue weighted by Gasteiger charge is -2.18. The maximum atomic E-state index is 9.65. The standard InChI is InChI=1S/C10H15NO3/c1-6-2-3-7(12)4-8(6)10(14)9(13)5-11/h2-4,9-10,12-14H,5,11H2,1H3. The van der Waals surface area contributed by atoms with Crippen LogP contribution in [0, 0.1) is 6.92 Å². The first-order valence-corrected chi connectivity index (χ1v) is 4.42. The molecule has 4 heteroatoms. The SMILES string of the molecule is Cc1ccc(O)cc1C(O)C(O)CN. The summed E-state index contributed by atoms with van der Waals surface area (Å²) >= 11 is 0. The van der Waals surface area contributed by atoms with Crippen LogP contribution in [-0.2, 0) is 0 Å². The van der Waals surface area contributed by atoms with Gasteiger partial charge in [0.25, 0.3) is 0 Å². The Morgan fingerprint density at radius 2 is 2.00 bits per heavy atom. The van der Waals surface area contributed by atoms with Crippen molar-refractivity contribution < 1.29 is 15.3 Å². The highest BCUT2D eigenvalue weighted by Crippen LogP contribution is 2.24. The number of phenols is 1. The predicted octanol–water partition coefficient (Wildman–Crippen LogP) is 0.0536. The zero-order valence-electron chi connectivity index (χ0n) is 8.01. The lowest BCUT2D eigenvalue weighted by atomic mass is 9.99. The van der Waals surface area contributed by atoms with Crippen molar-refractivity contribution in [1.82, 2.24) is 0 Å². The molecule has 0 saturated heterocycles. The Kier molecular flexibility index (Phi) is 3.46. The van der Waals surface area contributed by atoms with E-state index in [2.05, 4.69) is 0 Å². The summed E-state index contributed by atoms with van der Waals surface area (Å²) in [7, 11) is 0. The number of hydrogen-bond acceptors (Lipinski definition) is 4. The molecule has 0 aliphatic heterocycles. The molecule has 0 bridgehead atoms. The van der Waals surface area contributed by atoms with Gasteiger partial charge in [0.15, 0.2) is 0 Å². The van der Waals surface area contributed by atoms with E-state index in [1.54, 1.807) is 13.0 Å². The van der Waals surface area contributed by atoms with Gasteiger partial charge in [-0.3, -0.25) is 0 Å². The zero-order valence-corrected chi connectivity index (χ0v) is 8.01. The molecule has 1 rings (SSSR count). The minimum absolute atomic E-state index is 0.0176. The first-order valence-electron chi connectivity index (χ1n) is 4.42. The van der Waals surface area contributed by atoms with Crippen molar-refractivity contribution in [2.75, 3.05) is 6.54 Å². The summed E-state index contributed by atoms with van der Waals surface area (Å²) in [6.45, 7) is 1.78. The molecule has 14 heavy (non-hydrogen) atoms. The monoisotopic (exact) mass is 197 g/mol. The summed E-state index contributed by atoms with van der Waals surface area (Å²) in [6, 6.07) is 4.64. The number of rotatable bonds is 3. The van der Waals surface area contributed by atoms with Crippen LogP contribution in [0.3, 0.4) is 0 Å². The average molecular weight is 197 g/mol. The van der Waals surface area contributed by atoms with E-state index in [0.717, 1.165) is 5.56 Å². The third-order valence-electron chi connectivity index (χ3n) is 2.19. The van der Waals surface area contributed by atoms with Gasteiger partial charge in [0, 0.05) is 6.54 Å². The third kappa shape index (κ3) is 2.23. The summed E-state index contributed by atoms with van der Waals surface area (Å²) in [5.41, 5.74) is 6.54. The van der Waals surface area contributed by atoms with Crippen molar-refractivity contribution >= 4 is 0 Å². The van der Waals surface area contributed by atoms with E-state index in [-0.39, 0.29) is 12.3 Å². The van der Waals surface area contributed by atoms with E-state index < -0.39 is 12.2 Å². The number of phenolic OH excluding ortho intramolecular Hbond substituents is 1. The van der Waals surface area contributed by atoms with Crippen molar-refractivity contribution in [3.05, 3.63) is 29.3 Å². The van der Waals surface area contributed by atoms with Crippen LogP contribution in [0.25, 0.3) is 0 Å². The van der Waals surface area contributed by atoms with Gasteiger partial charge in [0.05, 0.1) is 6.10 Å². The van der Waals surface area contributed by atoms with Gasteiger partial charge >= 0.3 is 0 Å². The number of aryl methyl sites for hydroxylation is 1. The Bertz CT molecular complexity index is 314. The summed E-state index contributed by atoms with van der Waals surface area (Å²) in [6.07, 6.45) is -2.05. The van der Waals surface area contributed by atoms with Crippen LogP contribution in [0.1, 0.15) is 17.2 Å². The molecule has 4 nitrogen and oxygen atoms in total. The van der Waals surface area contributed by atoms with Gasteiger partial charge in [0.2, 0.25) is 0 Å². The van der Waals surface area contributed by atoms with Gasteiger partial charge in [-0.25, -0.2) is 0 Å². The molecule has 1 aromatic rings. The van der Waals surface area contributed by atoms with Gasteiger partial charge in [-0.05, 0) is 30.2 Å². The summed E-state index contributed by atoms with van der Waals surface area (Å²) in [5.74, 6) is 0.0638. The molecule has 0 fully saturated rings. The molecule has 0 aliphatic rings. The van der Waals surface area contributed by atoms with Crippen LogP contribution >= 0.6 is 0 Å². The number of hydrogen-bond donors (Lipinski definition) is 4. The van der Waals surface area contributed by atoms with E-state index >= 15 is 0 Å². The quantitative estimate of drug-likeness (QED) is 0.551. The molecule has 0 aliphatic carbocycles. The highest BCUT2D eigenvalue weighted by molar-refractivity contribution is 5.35. The molecule has 0 spiro atoms. The number of benzene rings is 1. The molecule has 0 saturated carbocycles. The van der Waals surface area contributed by atoms with Crippen LogP contribution in [-0.4, -0.2) is 28.0 Å². The predicted molar refractivity (Wildman–Crippen MR) is 52.9 cm³/mol. The normalized spacial score (nSPS) is 15.1. The Morgan fingerprint density at radius 3 is 2.57 bits per heavy atom. The number of aliphatic hydroxyl groups excluding tert-OH is 2. The van der Waals surface area contributed by atoms with Crippen molar-refractivity contribution in [3.8, 4) is 5.75 Å². The van der Waals surface area contributed by atoms with E-state index in [4.69, 9.17) is 5.73 Å². The van der Waals surface area contributed by atoms with Gasteiger partial charge in [-0.1, -0.05) is 6.07 Å². The van der Waals surface area contributed by atoms with Crippen LogP contribution in [0.4, 0.5) is 0 Å². The minimum Gasteiger partial charge on any atom is -0.508 e. The fraction of sp³-hybridized carbons (Fsp3) is 0.400. The molecular weight excluding hydrogens is 182 g/mol. The van der Waals surface area contributed by atoms with Gasteiger partial charge in [0.1, 0.15) is 11.9 Å². The van der Waals surface area contributed by atoms with Crippen LogP contribution in [0.5, 0.6) is 5.75 Å². The van der Waals surface area contributed by atoms with Gasteiger partial charge in [-0.15, -0.1) is 0 Å². The maximum absolute atomic E-state index is 9.65. The largest absolute Gasteiger partial charge is 0.508 e. The molecule has 5 N–H and O–H groups in total. The number of nitrogens with two attached hydrogens (primary N) is 1. The number of aromatic hydroxyl groups is 1. The van der Waals surface area contributed by atoms with Crippen molar-refractivity contribution in [3.63, 3.8) is 0 Å². The minimum atomic E-state index is -1.05. The zero-order chi connectivity index (χ0) is 10.7. The lowest BCUT2D eigenvalue weighted by Crippen LogP contribution is -2.27. The van der Waals surface area contributed by atoms with Crippen molar-refractivity contribution in [2.45, 2.75) is 19.1 Å². The van der Waals surface area contributed by atoms with E-state index in [0.29, 0.717) is 5.56 Å². The fourth-order valence-electron chi connectivity index (χ4n) is 1.28. The number of aliphatic hydroxyl groups is 2. The molecule has 0 aromatic heterocycles. The van der Waals surface area contributed by atoms with Gasteiger partial charge < -0.3 is 21.1 Å². The summed E-state index contributed by atoms with van der Waals surface area (Å²) in [5, 5.41) is 28.2. The summed E-state index contributed by atoms with van der Waals surface area (Å²) in [4.78, 5) is 0. The molecule has 1 aromatic carbocycles. The smallest absolute Gasteiger partial charge is 0.115 e. The lowest BCUT2D eigenvalue weighted by molar-refractivity contribution is 0.0238. The Labute approximate surface area is 82.6 Å². The topological polar surface area (TPSA) is 86.7 Å². The molecule has 0 radical (unpaired) electrons. The molecule has 0 heterocycles. The molecule has 78 valence electrons. The van der Waals surface area contributed by atoms with Crippen LogP contribution < -0.4 is 5.73 Å². The van der Waals surface area contributed by atoms with E-state index in [1.807, 2.05) is 0 Å². The molecule has 2 unspecified atom stereocenters. The van der Waals surface area contributed by atoms with Crippen LogP contribution in [0.2, 0.25) is 0 Å². The Morgan fingerprint density at radius 1 is 1.36 bits per heavy atom. The van der Waals surface area contributed by atoms with E-state index in [9.17, 15) is 15.3 Å². The second kappa shape index (κ2) is 4.41. The van der Waals surface area contributed by atoms with Crippen molar-refractivity contribution in [2.24, 2.45) is 5.73 Å². The van der Waals surface area contributed by atoms with Gasteiger partial charge in [-0.2, -0.15) is 0 Å². The third-order valence-corrected chi connectivity index (χ3v) is 2.19. The Balaban J connectivity index is 2.99. The molecule has 2 atom stereocenters. The van der Waals surface area contributed by atoms with E-state index in [1.165, 1.54) is 12.1 Å². The highest BCUT2D eigenvalue weighted by Gasteiger charge is 2.18. The second-order valence-corrected chi connectivity index (χ2v) is 3.29. The average Bonchev–Trinajstić information content (AvgIpc) is 2.19. The molecule has 0 amide bonds. The first kappa shape index (κ1) is 11.0. The summed E-state index contributed by atoms with van der Waals surface area (Å²) < 4.78 is 0. The van der Waals surface area contributed by atoms with Crippen LogP contribution in [0.15, 0.2) is 18.2 Å². The highest BCUT2D eigenvalue weighted by atomic mass is 16.3. The first-order chi connectivity index (χ1) is 6.56. The maximum Gasteiger partial charge on any atom is 0.115 e. The second-order valence-electron chi connectivity index (χ2n) is 3.29. The Hall–Kier alpha value is -1.10. The fourth-order valence-corrected chi connectivity index (χ4v) is 1.28.